The number of aromatic nitrogens is 2. The number of ether oxygens (including phenoxy) is 1. The number of aromatic hydroxyl groups is 1. The molecule has 0 fully saturated rings. The molecule has 1 heterocycles. The van der Waals surface area contributed by atoms with Crippen LogP contribution in [0, 0.1) is 0 Å². The van der Waals surface area contributed by atoms with E-state index in [2.05, 4.69) is 5.10 Å². The number of hydrogen-bond donors (Lipinski definition) is 2. The number of benzene rings is 1. The Morgan fingerprint density at radius 1 is 1.42 bits per heavy atom. The van der Waals surface area contributed by atoms with Crippen LogP contribution < -0.4 is 4.74 Å². The molecular formula is C13H14N2O4. The topological polar surface area (TPSA) is 84.6 Å². The van der Waals surface area contributed by atoms with Crippen molar-refractivity contribution in [1.29, 1.82) is 0 Å². The van der Waals surface area contributed by atoms with Crippen LogP contribution in [0.5, 0.6) is 11.5 Å². The van der Waals surface area contributed by atoms with Crippen molar-refractivity contribution in [2.24, 2.45) is 0 Å². The molecule has 1 aromatic heterocycles. The van der Waals surface area contributed by atoms with E-state index in [9.17, 15) is 9.90 Å². The van der Waals surface area contributed by atoms with Gasteiger partial charge in [0.15, 0.2) is 11.5 Å². The summed E-state index contributed by atoms with van der Waals surface area (Å²) in [5, 5.41) is 22.5. The molecule has 0 saturated carbocycles. The standard InChI is InChI=1S/C13H14N2O4/c1-8(13(17)18)15-7-10(6-14-15)9-3-4-11(16)12(5-9)19-2/h3-8,16H,1-2H3,(H,17,18). The van der Waals surface area contributed by atoms with Gasteiger partial charge in [0.2, 0.25) is 0 Å². The van der Waals surface area contributed by atoms with Crippen molar-refractivity contribution in [3.8, 4) is 22.6 Å². The Bertz CT molecular complexity index is 606. The fourth-order valence-corrected chi connectivity index (χ4v) is 1.67. The molecule has 0 aliphatic carbocycles. The first kappa shape index (κ1) is 12.9. The minimum atomic E-state index is -0.946. The van der Waals surface area contributed by atoms with Gasteiger partial charge in [0.1, 0.15) is 6.04 Å². The number of rotatable bonds is 4. The van der Waals surface area contributed by atoms with Crippen LogP contribution in [0.3, 0.4) is 0 Å². The van der Waals surface area contributed by atoms with Gasteiger partial charge in [-0.3, -0.25) is 4.68 Å². The van der Waals surface area contributed by atoms with E-state index in [1.54, 1.807) is 31.5 Å². The Morgan fingerprint density at radius 2 is 2.16 bits per heavy atom. The number of hydrogen-bond acceptors (Lipinski definition) is 4. The SMILES string of the molecule is COc1cc(-c2cnn(C(C)C(=O)O)c2)ccc1O. The zero-order chi connectivity index (χ0) is 14.0. The third kappa shape index (κ3) is 2.52. The van der Waals surface area contributed by atoms with E-state index in [4.69, 9.17) is 9.84 Å². The predicted molar refractivity (Wildman–Crippen MR) is 68.2 cm³/mol. The molecular weight excluding hydrogens is 248 g/mol. The Morgan fingerprint density at radius 3 is 2.79 bits per heavy atom. The third-order valence-corrected chi connectivity index (χ3v) is 2.87. The average molecular weight is 262 g/mol. The van der Waals surface area contributed by atoms with Crippen molar-refractivity contribution in [3.05, 3.63) is 30.6 Å². The number of phenolic OH excluding ortho intramolecular Hbond substituents is 1. The zero-order valence-corrected chi connectivity index (χ0v) is 10.6. The number of carboxylic acids is 1. The molecule has 2 N–H and O–H groups in total. The number of aliphatic carboxylic acids is 1. The summed E-state index contributed by atoms with van der Waals surface area (Å²) in [4.78, 5) is 10.9. The van der Waals surface area contributed by atoms with Crippen LogP contribution in [-0.2, 0) is 4.79 Å². The maximum Gasteiger partial charge on any atom is 0.328 e. The molecule has 1 unspecified atom stereocenters. The summed E-state index contributed by atoms with van der Waals surface area (Å²) in [5.74, 6) is -0.535. The van der Waals surface area contributed by atoms with Gasteiger partial charge in [-0.15, -0.1) is 0 Å². The molecule has 0 radical (unpaired) electrons. The summed E-state index contributed by atoms with van der Waals surface area (Å²) < 4.78 is 6.40. The van der Waals surface area contributed by atoms with E-state index in [0.29, 0.717) is 5.75 Å². The molecule has 1 atom stereocenters. The van der Waals surface area contributed by atoms with Crippen molar-refractivity contribution in [1.82, 2.24) is 9.78 Å². The first-order valence-corrected chi connectivity index (χ1v) is 5.67. The number of methoxy groups -OCH3 is 1. The highest BCUT2D eigenvalue weighted by Crippen LogP contribution is 2.31. The Kier molecular flexibility index (Phi) is 3.41. The van der Waals surface area contributed by atoms with Crippen LogP contribution >= 0.6 is 0 Å². The minimum absolute atomic E-state index is 0.0533. The summed E-state index contributed by atoms with van der Waals surface area (Å²) in [7, 11) is 1.47. The lowest BCUT2D eigenvalue weighted by Crippen LogP contribution is -2.15. The largest absolute Gasteiger partial charge is 0.504 e. The maximum atomic E-state index is 10.9. The second kappa shape index (κ2) is 5.01. The monoisotopic (exact) mass is 262 g/mol. The van der Waals surface area contributed by atoms with Crippen LogP contribution in [0.4, 0.5) is 0 Å². The molecule has 0 spiro atoms. The van der Waals surface area contributed by atoms with Gasteiger partial charge in [0.25, 0.3) is 0 Å². The molecule has 100 valence electrons. The molecule has 0 amide bonds. The molecule has 2 aromatic rings. The maximum absolute atomic E-state index is 10.9. The van der Waals surface area contributed by atoms with E-state index in [1.807, 2.05) is 0 Å². The molecule has 2 rings (SSSR count). The minimum Gasteiger partial charge on any atom is -0.504 e. The molecule has 0 bridgehead atoms. The first-order valence-electron chi connectivity index (χ1n) is 5.67. The van der Waals surface area contributed by atoms with E-state index >= 15 is 0 Å². The zero-order valence-electron chi connectivity index (χ0n) is 10.6. The quantitative estimate of drug-likeness (QED) is 0.879. The van der Waals surface area contributed by atoms with E-state index in [0.717, 1.165) is 11.1 Å². The van der Waals surface area contributed by atoms with E-state index < -0.39 is 12.0 Å². The lowest BCUT2D eigenvalue weighted by molar-refractivity contribution is -0.140. The fraction of sp³-hybridized carbons (Fsp3) is 0.231. The van der Waals surface area contributed by atoms with Crippen LogP contribution in [-0.4, -0.2) is 33.1 Å². The van der Waals surface area contributed by atoms with Crippen molar-refractivity contribution in [2.45, 2.75) is 13.0 Å². The average Bonchev–Trinajstić information content (AvgIpc) is 2.87. The third-order valence-electron chi connectivity index (χ3n) is 2.87. The first-order chi connectivity index (χ1) is 9.02. The van der Waals surface area contributed by atoms with Gasteiger partial charge in [0.05, 0.1) is 13.3 Å². The molecule has 0 aliphatic heterocycles. The van der Waals surface area contributed by atoms with Crippen LogP contribution in [0.15, 0.2) is 30.6 Å². The van der Waals surface area contributed by atoms with E-state index in [1.165, 1.54) is 17.9 Å². The molecule has 0 aliphatic rings. The summed E-state index contributed by atoms with van der Waals surface area (Å²) >= 11 is 0. The van der Waals surface area contributed by atoms with Crippen molar-refractivity contribution in [2.75, 3.05) is 7.11 Å². The number of carbonyl (C=O) groups is 1. The summed E-state index contributed by atoms with van der Waals surface area (Å²) in [6.07, 6.45) is 3.22. The van der Waals surface area contributed by atoms with Gasteiger partial charge >= 0.3 is 5.97 Å². The lowest BCUT2D eigenvalue weighted by Gasteiger charge is -2.06. The molecule has 19 heavy (non-hydrogen) atoms. The molecule has 0 saturated heterocycles. The second-order valence-corrected chi connectivity index (χ2v) is 4.11. The van der Waals surface area contributed by atoms with Gasteiger partial charge in [-0.05, 0) is 24.6 Å². The van der Waals surface area contributed by atoms with Crippen molar-refractivity contribution < 1.29 is 19.7 Å². The Hall–Kier alpha value is -2.50. The molecule has 6 nitrogen and oxygen atoms in total. The van der Waals surface area contributed by atoms with Gasteiger partial charge in [-0.1, -0.05) is 6.07 Å². The lowest BCUT2D eigenvalue weighted by atomic mass is 10.1. The van der Waals surface area contributed by atoms with Crippen LogP contribution in [0.1, 0.15) is 13.0 Å². The van der Waals surface area contributed by atoms with E-state index in [-0.39, 0.29) is 5.75 Å². The number of carboxylic acid groups (broad SMARTS) is 1. The highest BCUT2D eigenvalue weighted by Gasteiger charge is 2.15. The fourth-order valence-electron chi connectivity index (χ4n) is 1.67. The summed E-state index contributed by atoms with van der Waals surface area (Å²) in [5.41, 5.74) is 1.55. The van der Waals surface area contributed by atoms with Gasteiger partial charge in [-0.2, -0.15) is 5.10 Å². The van der Waals surface area contributed by atoms with Crippen LogP contribution in [0.25, 0.3) is 11.1 Å². The van der Waals surface area contributed by atoms with Gasteiger partial charge in [0, 0.05) is 11.8 Å². The normalized spacial score (nSPS) is 12.1. The Balaban J connectivity index is 2.35. The highest BCUT2D eigenvalue weighted by atomic mass is 16.5. The van der Waals surface area contributed by atoms with Crippen molar-refractivity contribution in [3.63, 3.8) is 0 Å². The van der Waals surface area contributed by atoms with Gasteiger partial charge < -0.3 is 14.9 Å². The number of phenols is 1. The van der Waals surface area contributed by atoms with Gasteiger partial charge in [-0.25, -0.2) is 4.79 Å². The number of nitrogens with zero attached hydrogens (tertiary/aromatic N) is 2. The van der Waals surface area contributed by atoms with Crippen LogP contribution in [0.2, 0.25) is 0 Å². The van der Waals surface area contributed by atoms with Crippen molar-refractivity contribution >= 4 is 5.97 Å². The second-order valence-electron chi connectivity index (χ2n) is 4.11. The summed E-state index contributed by atoms with van der Waals surface area (Å²) in [6.45, 7) is 1.55. The molecule has 1 aromatic carbocycles. The smallest absolute Gasteiger partial charge is 0.328 e. The highest BCUT2D eigenvalue weighted by molar-refractivity contribution is 5.72. The predicted octanol–water partition coefficient (Wildman–Crippen LogP) is 1.91. The Labute approximate surface area is 109 Å². The molecule has 6 heteroatoms. The summed E-state index contributed by atoms with van der Waals surface area (Å²) in [6, 6.07) is 4.17.